The first-order valence-corrected chi connectivity index (χ1v) is 8.86. The molecule has 0 spiro atoms. The number of hydrogen-bond donors (Lipinski definition) is 2. The largest absolute Gasteiger partial charge is 0.326 e. The summed E-state index contributed by atoms with van der Waals surface area (Å²) in [6.45, 7) is 3.97. The van der Waals surface area contributed by atoms with Gasteiger partial charge in [0.05, 0.1) is 6.54 Å². The standard InChI is InChI=1S/C22H21FN4O/c1-15-7-8-18(13-19(15)23)21(28)27-22(25-14-17-9-11-24-12-10-17)26-20-6-4-3-5-16(20)2/h3-13H,14H2,1-2H3,(H2,25,26,27,28). The quantitative estimate of drug-likeness (QED) is 0.529. The summed E-state index contributed by atoms with van der Waals surface area (Å²) in [6.07, 6.45) is 3.37. The molecule has 5 nitrogen and oxygen atoms in total. The van der Waals surface area contributed by atoms with Crippen molar-refractivity contribution >= 4 is 17.6 Å². The number of nitrogens with zero attached hydrogens (tertiary/aromatic N) is 2. The van der Waals surface area contributed by atoms with Crippen molar-refractivity contribution in [2.24, 2.45) is 4.99 Å². The first-order chi connectivity index (χ1) is 13.5. The van der Waals surface area contributed by atoms with Gasteiger partial charge in [0.25, 0.3) is 5.91 Å². The average molecular weight is 376 g/mol. The number of aliphatic imine (C=N–C) groups is 1. The maximum absolute atomic E-state index is 13.8. The molecule has 0 saturated carbocycles. The fourth-order valence-electron chi connectivity index (χ4n) is 2.52. The zero-order valence-electron chi connectivity index (χ0n) is 15.7. The third-order valence-electron chi connectivity index (χ3n) is 4.23. The molecular formula is C22H21FN4O. The molecule has 0 aliphatic carbocycles. The number of halogens is 1. The molecule has 0 atom stereocenters. The zero-order chi connectivity index (χ0) is 19.9. The van der Waals surface area contributed by atoms with Crippen molar-refractivity contribution in [3.05, 3.63) is 95.1 Å². The number of amides is 1. The van der Waals surface area contributed by atoms with Gasteiger partial charge < -0.3 is 5.32 Å². The highest BCUT2D eigenvalue weighted by Crippen LogP contribution is 2.14. The van der Waals surface area contributed by atoms with E-state index in [4.69, 9.17) is 0 Å². The number of pyridine rings is 1. The first kappa shape index (κ1) is 19.2. The van der Waals surface area contributed by atoms with Crippen LogP contribution in [0, 0.1) is 19.7 Å². The Morgan fingerprint density at radius 3 is 2.50 bits per heavy atom. The number of aromatic nitrogens is 1. The number of benzene rings is 2. The van der Waals surface area contributed by atoms with Gasteiger partial charge in [-0.2, -0.15) is 0 Å². The van der Waals surface area contributed by atoms with Crippen LogP contribution in [0.25, 0.3) is 0 Å². The Bertz CT molecular complexity index is 1000. The van der Waals surface area contributed by atoms with E-state index >= 15 is 0 Å². The van der Waals surface area contributed by atoms with Gasteiger partial charge in [0.2, 0.25) is 5.96 Å². The number of nitrogens with one attached hydrogen (secondary N) is 2. The van der Waals surface area contributed by atoms with Crippen LogP contribution in [0.1, 0.15) is 27.0 Å². The molecule has 0 aliphatic heterocycles. The molecule has 0 saturated heterocycles. The van der Waals surface area contributed by atoms with Crippen LogP contribution in [-0.2, 0) is 6.54 Å². The number of aryl methyl sites for hydroxylation is 2. The smallest absolute Gasteiger partial charge is 0.258 e. The van der Waals surface area contributed by atoms with Gasteiger partial charge in [0.1, 0.15) is 5.82 Å². The molecule has 1 aromatic heterocycles. The number of para-hydroxylation sites is 1. The molecule has 6 heteroatoms. The normalized spacial score (nSPS) is 11.2. The summed E-state index contributed by atoms with van der Waals surface area (Å²) in [7, 11) is 0. The van der Waals surface area contributed by atoms with E-state index in [0.717, 1.165) is 16.8 Å². The monoisotopic (exact) mass is 376 g/mol. The molecule has 28 heavy (non-hydrogen) atoms. The van der Waals surface area contributed by atoms with Crippen molar-refractivity contribution in [2.45, 2.75) is 20.4 Å². The van der Waals surface area contributed by atoms with Crippen LogP contribution >= 0.6 is 0 Å². The number of anilines is 1. The first-order valence-electron chi connectivity index (χ1n) is 8.86. The van der Waals surface area contributed by atoms with E-state index in [9.17, 15) is 9.18 Å². The summed E-state index contributed by atoms with van der Waals surface area (Å²) in [5, 5.41) is 5.90. The molecule has 0 fully saturated rings. The van der Waals surface area contributed by atoms with Gasteiger partial charge in [-0.05, 0) is 60.9 Å². The number of hydrogen-bond acceptors (Lipinski definition) is 3. The van der Waals surface area contributed by atoms with Gasteiger partial charge in [0.15, 0.2) is 0 Å². The zero-order valence-corrected chi connectivity index (χ0v) is 15.7. The van der Waals surface area contributed by atoms with Crippen LogP contribution in [0.5, 0.6) is 0 Å². The molecular weight excluding hydrogens is 355 g/mol. The number of carbonyl (C=O) groups excluding carboxylic acids is 1. The molecule has 2 N–H and O–H groups in total. The summed E-state index contributed by atoms with van der Waals surface area (Å²) in [5.41, 5.74) is 3.50. The van der Waals surface area contributed by atoms with Crippen LogP contribution < -0.4 is 10.6 Å². The lowest BCUT2D eigenvalue weighted by Gasteiger charge is -2.14. The Kier molecular flexibility index (Phi) is 6.11. The molecule has 142 valence electrons. The fourth-order valence-corrected chi connectivity index (χ4v) is 2.52. The molecule has 1 amide bonds. The summed E-state index contributed by atoms with van der Waals surface area (Å²) in [6, 6.07) is 15.8. The third-order valence-corrected chi connectivity index (χ3v) is 4.23. The van der Waals surface area contributed by atoms with E-state index < -0.39 is 11.7 Å². The molecule has 0 radical (unpaired) electrons. The number of carbonyl (C=O) groups is 1. The van der Waals surface area contributed by atoms with Gasteiger partial charge in [-0.15, -0.1) is 0 Å². The van der Waals surface area contributed by atoms with Crippen LogP contribution in [0.15, 0.2) is 72.0 Å². The molecule has 2 aromatic carbocycles. The second kappa shape index (κ2) is 8.90. The Labute approximate surface area is 163 Å². The molecule has 0 bridgehead atoms. The van der Waals surface area contributed by atoms with Crippen molar-refractivity contribution in [3.8, 4) is 0 Å². The second-order valence-corrected chi connectivity index (χ2v) is 6.38. The van der Waals surface area contributed by atoms with E-state index in [1.165, 1.54) is 6.07 Å². The molecule has 0 aliphatic rings. The van der Waals surface area contributed by atoms with Crippen LogP contribution in [0.2, 0.25) is 0 Å². The minimum Gasteiger partial charge on any atom is -0.326 e. The molecule has 1 heterocycles. The van der Waals surface area contributed by atoms with Crippen molar-refractivity contribution in [1.82, 2.24) is 10.3 Å². The predicted octanol–water partition coefficient (Wildman–Crippen LogP) is 4.24. The van der Waals surface area contributed by atoms with E-state index in [0.29, 0.717) is 12.1 Å². The van der Waals surface area contributed by atoms with Crippen molar-refractivity contribution in [1.29, 1.82) is 0 Å². The van der Waals surface area contributed by atoms with Crippen LogP contribution in [0.3, 0.4) is 0 Å². The van der Waals surface area contributed by atoms with Crippen molar-refractivity contribution < 1.29 is 9.18 Å². The topological polar surface area (TPSA) is 66.4 Å². The summed E-state index contributed by atoms with van der Waals surface area (Å²) >= 11 is 0. The highest BCUT2D eigenvalue weighted by atomic mass is 19.1. The third kappa shape index (κ3) is 5.01. The second-order valence-electron chi connectivity index (χ2n) is 6.38. The van der Waals surface area contributed by atoms with Crippen LogP contribution in [-0.4, -0.2) is 16.9 Å². The molecule has 3 rings (SSSR count). The van der Waals surface area contributed by atoms with Crippen LogP contribution in [0.4, 0.5) is 10.1 Å². The van der Waals surface area contributed by atoms with E-state index in [1.54, 1.807) is 31.5 Å². The Hall–Kier alpha value is -3.54. The number of rotatable bonds is 4. The highest BCUT2D eigenvalue weighted by molar-refractivity contribution is 6.10. The summed E-state index contributed by atoms with van der Waals surface area (Å²) < 4.78 is 13.8. The molecule has 0 unspecified atom stereocenters. The Morgan fingerprint density at radius 2 is 1.79 bits per heavy atom. The van der Waals surface area contributed by atoms with Gasteiger partial charge in [-0.3, -0.25) is 15.1 Å². The van der Waals surface area contributed by atoms with Gasteiger partial charge >= 0.3 is 0 Å². The lowest BCUT2D eigenvalue weighted by Crippen LogP contribution is -2.36. The minimum absolute atomic E-state index is 0.228. The summed E-state index contributed by atoms with van der Waals surface area (Å²) in [5.74, 6) is -0.569. The average Bonchev–Trinajstić information content (AvgIpc) is 2.70. The van der Waals surface area contributed by atoms with Gasteiger partial charge in [-0.1, -0.05) is 24.3 Å². The van der Waals surface area contributed by atoms with Gasteiger partial charge in [0, 0.05) is 23.6 Å². The van der Waals surface area contributed by atoms with E-state index in [2.05, 4.69) is 20.6 Å². The van der Waals surface area contributed by atoms with Gasteiger partial charge in [-0.25, -0.2) is 9.38 Å². The van der Waals surface area contributed by atoms with E-state index in [-0.39, 0.29) is 11.5 Å². The number of guanidine groups is 1. The fraction of sp³-hybridized carbons (Fsp3) is 0.136. The highest BCUT2D eigenvalue weighted by Gasteiger charge is 2.12. The van der Waals surface area contributed by atoms with Crippen molar-refractivity contribution in [2.75, 3.05) is 5.32 Å². The SMILES string of the molecule is Cc1ccc(C(=O)NC(=NCc2ccncc2)Nc2ccccc2C)cc1F. The maximum atomic E-state index is 13.8. The Morgan fingerprint density at radius 1 is 1.04 bits per heavy atom. The lowest BCUT2D eigenvalue weighted by molar-refractivity contribution is 0.0976. The summed E-state index contributed by atoms with van der Waals surface area (Å²) in [4.78, 5) is 21.1. The maximum Gasteiger partial charge on any atom is 0.258 e. The minimum atomic E-state index is -0.437. The Balaban J connectivity index is 1.83. The molecule has 3 aromatic rings. The van der Waals surface area contributed by atoms with E-state index in [1.807, 2.05) is 43.3 Å². The predicted molar refractivity (Wildman–Crippen MR) is 109 cm³/mol. The lowest BCUT2D eigenvalue weighted by atomic mass is 10.1. The van der Waals surface area contributed by atoms with Crippen molar-refractivity contribution in [3.63, 3.8) is 0 Å².